The van der Waals surface area contributed by atoms with Crippen LogP contribution in [0, 0.1) is 5.82 Å². The van der Waals surface area contributed by atoms with Crippen molar-refractivity contribution in [2.24, 2.45) is 0 Å². The largest absolute Gasteiger partial charge is 0.339 e. The van der Waals surface area contributed by atoms with Gasteiger partial charge in [-0.25, -0.2) is 4.39 Å². The van der Waals surface area contributed by atoms with Crippen LogP contribution in [0.4, 0.5) is 10.1 Å². The van der Waals surface area contributed by atoms with Crippen molar-refractivity contribution >= 4 is 17.5 Å². The first-order valence-electron chi connectivity index (χ1n) is 7.00. The Hall–Kier alpha value is -1.91. The number of hydrogen-bond acceptors (Lipinski definition) is 2. The van der Waals surface area contributed by atoms with Crippen molar-refractivity contribution in [3.8, 4) is 0 Å². The second kappa shape index (κ2) is 4.89. The number of halogens is 1. The van der Waals surface area contributed by atoms with Gasteiger partial charge < -0.3 is 10.2 Å². The quantitative estimate of drug-likeness (QED) is 0.920. The van der Waals surface area contributed by atoms with Gasteiger partial charge in [0.2, 0.25) is 11.8 Å². The van der Waals surface area contributed by atoms with E-state index in [2.05, 4.69) is 5.32 Å². The van der Waals surface area contributed by atoms with Gasteiger partial charge in [0.05, 0.1) is 5.92 Å². The van der Waals surface area contributed by atoms with Crippen LogP contribution in [-0.4, -0.2) is 29.3 Å². The summed E-state index contributed by atoms with van der Waals surface area (Å²) in [5.74, 6) is -1.14. The molecule has 0 saturated heterocycles. The van der Waals surface area contributed by atoms with Gasteiger partial charge in [-0.2, -0.15) is 0 Å². The second-order valence-electron chi connectivity index (χ2n) is 5.39. The fraction of sp³-hybridized carbons (Fsp3) is 0.467. The Morgan fingerprint density at radius 3 is 2.85 bits per heavy atom. The van der Waals surface area contributed by atoms with Crippen LogP contribution in [0.15, 0.2) is 18.2 Å². The summed E-state index contributed by atoms with van der Waals surface area (Å²) < 4.78 is 13.3. The monoisotopic (exact) mass is 276 g/mol. The highest BCUT2D eigenvalue weighted by Crippen LogP contribution is 2.36. The minimum absolute atomic E-state index is 0.0160. The fourth-order valence-electron chi connectivity index (χ4n) is 2.84. The summed E-state index contributed by atoms with van der Waals surface area (Å²) in [5.41, 5.74) is 1.14. The predicted molar refractivity (Wildman–Crippen MR) is 72.8 cm³/mol. The van der Waals surface area contributed by atoms with Crippen molar-refractivity contribution in [1.29, 1.82) is 0 Å². The first-order chi connectivity index (χ1) is 9.60. The molecule has 1 fully saturated rings. The third-order valence-corrected chi connectivity index (χ3v) is 3.96. The number of fused-ring (bicyclic) bond motifs is 1. The van der Waals surface area contributed by atoms with Gasteiger partial charge in [-0.3, -0.25) is 9.59 Å². The van der Waals surface area contributed by atoms with E-state index in [1.807, 2.05) is 11.8 Å². The zero-order valence-electron chi connectivity index (χ0n) is 11.4. The minimum Gasteiger partial charge on any atom is -0.339 e. The minimum atomic E-state index is -0.486. The highest BCUT2D eigenvalue weighted by Gasteiger charge is 2.38. The Labute approximate surface area is 117 Å². The van der Waals surface area contributed by atoms with Crippen LogP contribution in [0.2, 0.25) is 0 Å². The number of hydrogen-bond donors (Lipinski definition) is 1. The lowest BCUT2D eigenvalue weighted by atomic mass is 9.89. The molecule has 1 aliphatic heterocycles. The molecule has 1 saturated carbocycles. The van der Waals surface area contributed by atoms with Gasteiger partial charge in [-0.15, -0.1) is 0 Å². The number of benzene rings is 1. The van der Waals surface area contributed by atoms with E-state index >= 15 is 0 Å². The predicted octanol–water partition coefficient (Wildman–Crippen LogP) is 2.26. The molecule has 2 aliphatic rings. The van der Waals surface area contributed by atoms with E-state index in [1.54, 1.807) is 6.07 Å². The van der Waals surface area contributed by atoms with Crippen molar-refractivity contribution in [1.82, 2.24) is 4.90 Å². The molecule has 1 atom stereocenters. The average Bonchev–Trinajstić information content (AvgIpc) is 3.22. The van der Waals surface area contributed by atoms with Crippen LogP contribution < -0.4 is 5.32 Å². The summed E-state index contributed by atoms with van der Waals surface area (Å²) in [6.45, 7) is 2.60. The lowest BCUT2D eigenvalue weighted by Gasteiger charge is -2.30. The molecule has 1 aliphatic carbocycles. The highest BCUT2D eigenvalue weighted by molar-refractivity contribution is 6.01. The zero-order valence-corrected chi connectivity index (χ0v) is 11.4. The summed E-state index contributed by atoms with van der Waals surface area (Å²) in [5, 5.41) is 2.64. The summed E-state index contributed by atoms with van der Waals surface area (Å²) >= 11 is 0. The molecule has 1 N–H and O–H groups in total. The van der Waals surface area contributed by atoms with Gasteiger partial charge in [0.1, 0.15) is 5.82 Å². The molecule has 1 aromatic carbocycles. The first-order valence-corrected chi connectivity index (χ1v) is 7.00. The van der Waals surface area contributed by atoms with E-state index in [-0.39, 0.29) is 18.2 Å². The standard InChI is InChI=1S/C15H17FN2O2/c1-2-18(10-4-5-10)15(20)12-8-14(19)17-13-7-9(16)3-6-11(12)13/h3,6-7,10,12H,2,4-5,8H2,1H3,(H,17,19). The fourth-order valence-corrected chi connectivity index (χ4v) is 2.84. The lowest BCUT2D eigenvalue weighted by Crippen LogP contribution is -2.39. The van der Waals surface area contributed by atoms with Crippen LogP contribution >= 0.6 is 0 Å². The third kappa shape index (κ3) is 2.28. The van der Waals surface area contributed by atoms with Crippen molar-refractivity contribution in [2.75, 3.05) is 11.9 Å². The SMILES string of the molecule is CCN(C(=O)C1CC(=O)Nc2cc(F)ccc21)C1CC1. The topological polar surface area (TPSA) is 49.4 Å². The van der Waals surface area contributed by atoms with E-state index in [4.69, 9.17) is 0 Å². The maximum atomic E-state index is 13.3. The Balaban J connectivity index is 1.93. The molecule has 1 unspecified atom stereocenters. The molecule has 106 valence electrons. The maximum absolute atomic E-state index is 13.3. The molecule has 1 aromatic rings. The number of anilines is 1. The molecule has 4 nitrogen and oxygen atoms in total. The van der Waals surface area contributed by atoms with Crippen LogP contribution in [0.5, 0.6) is 0 Å². The van der Waals surface area contributed by atoms with Gasteiger partial charge >= 0.3 is 0 Å². The number of amides is 2. The van der Waals surface area contributed by atoms with Gasteiger partial charge in [-0.1, -0.05) is 6.07 Å². The maximum Gasteiger partial charge on any atom is 0.230 e. The van der Waals surface area contributed by atoms with Gasteiger partial charge in [0.15, 0.2) is 0 Å². The number of nitrogens with zero attached hydrogens (tertiary/aromatic N) is 1. The molecule has 0 bridgehead atoms. The van der Waals surface area contributed by atoms with E-state index in [0.717, 1.165) is 18.4 Å². The smallest absolute Gasteiger partial charge is 0.230 e. The van der Waals surface area contributed by atoms with Gasteiger partial charge in [-0.05, 0) is 37.5 Å². The van der Waals surface area contributed by atoms with Crippen LogP contribution in [0.3, 0.4) is 0 Å². The number of carbonyl (C=O) groups is 2. The third-order valence-electron chi connectivity index (χ3n) is 3.96. The number of rotatable bonds is 3. The molecule has 20 heavy (non-hydrogen) atoms. The van der Waals surface area contributed by atoms with E-state index in [1.165, 1.54) is 12.1 Å². The van der Waals surface area contributed by atoms with Crippen molar-refractivity contribution in [3.05, 3.63) is 29.6 Å². The average molecular weight is 276 g/mol. The Morgan fingerprint density at radius 2 is 2.20 bits per heavy atom. The number of likely N-dealkylation sites (N-methyl/N-ethyl adjacent to an activating group) is 1. The number of carbonyl (C=O) groups excluding carboxylic acids is 2. The highest BCUT2D eigenvalue weighted by atomic mass is 19.1. The van der Waals surface area contributed by atoms with E-state index < -0.39 is 11.7 Å². The molecule has 3 rings (SSSR count). The molecule has 1 heterocycles. The lowest BCUT2D eigenvalue weighted by molar-refractivity contribution is -0.135. The van der Waals surface area contributed by atoms with Crippen LogP contribution in [0.25, 0.3) is 0 Å². The van der Waals surface area contributed by atoms with Crippen LogP contribution in [0.1, 0.15) is 37.7 Å². The van der Waals surface area contributed by atoms with Crippen molar-refractivity contribution < 1.29 is 14.0 Å². The molecule has 2 amide bonds. The van der Waals surface area contributed by atoms with Gasteiger partial charge in [0, 0.05) is 24.7 Å². The Morgan fingerprint density at radius 1 is 1.45 bits per heavy atom. The van der Waals surface area contributed by atoms with E-state index in [9.17, 15) is 14.0 Å². The summed E-state index contributed by atoms with van der Waals surface area (Å²) in [7, 11) is 0. The first kappa shape index (κ1) is 13.1. The molecule has 5 heteroatoms. The molecular weight excluding hydrogens is 259 g/mol. The summed E-state index contributed by atoms with van der Waals surface area (Å²) in [6.07, 6.45) is 2.21. The van der Waals surface area contributed by atoms with Gasteiger partial charge in [0.25, 0.3) is 0 Å². The zero-order chi connectivity index (χ0) is 14.3. The van der Waals surface area contributed by atoms with E-state index in [0.29, 0.717) is 18.3 Å². The summed E-state index contributed by atoms with van der Waals surface area (Å²) in [6, 6.07) is 4.54. The summed E-state index contributed by atoms with van der Waals surface area (Å²) in [4.78, 5) is 26.2. The second-order valence-corrected chi connectivity index (χ2v) is 5.39. The molecule has 0 radical (unpaired) electrons. The molecule has 0 spiro atoms. The normalized spacial score (nSPS) is 21.1. The molecule has 0 aromatic heterocycles. The van der Waals surface area contributed by atoms with Crippen molar-refractivity contribution in [3.63, 3.8) is 0 Å². The Bertz CT molecular complexity index is 569. The van der Waals surface area contributed by atoms with Crippen LogP contribution in [-0.2, 0) is 9.59 Å². The molecular formula is C15H17FN2O2. The Kier molecular flexibility index (Phi) is 3.20. The number of nitrogens with one attached hydrogen (secondary N) is 1. The van der Waals surface area contributed by atoms with Crippen molar-refractivity contribution in [2.45, 2.75) is 38.1 Å².